The van der Waals surface area contributed by atoms with E-state index >= 15 is 0 Å². The summed E-state index contributed by atoms with van der Waals surface area (Å²) in [5.74, 6) is -0.232. The highest BCUT2D eigenvalue weighted by Gasteiger charge is 2.26. The van der Waals surface area contributed by atoms with Crippen LogP contribution in [-0.2, 0) is 16.0 Å². The summed E-state index contributed by atoms with van der Waals surface area (Å²) in [6.45, 7) is 4.74. The first-order chi connectivity index (χ1) is 10.5. The molecule has 1 heterocycles. The molecular weight excluding hydrogens is 286 g/mol. The molecule has 2 rings (SSSR count). The number of hydrogen-bond donors (Lipinski definition) is 1. The van der Waals surface area contributed by atoms with Crippen LogP contribution in [0.1, 0.15) is 22.8 Å². The molecule has 1 saturated heterocycles. The summed E-state index contributed by atoms with van der Waals surface area (Å²) in [7, 11) is 3.25. The van der Waals surface area contributed by atoms with Gasteiger partial charge in [-0.15, -0.1) is 0 Å². The van der Waals surface area contributed by atoms with Gasteiger partial charge in [0.25, 0.3) is 0 Å². The van der Waals surface area contributed by atoms with Crippen molar-refractivity contribution in [3.63, 3.8) is 0 Å². The predicted molar refractivity (Wildman–Crippen MR) is 81.4 cm³/mol. The number of rotatable bonds is 6. The van der Waals surface area contributed by atoms with E-state index in [1.54, 1.807) is 32.4 Å². The standard InChI is InChI=1S/C16H23NO5/c1-11-7-17(9-14(22-11)10-20-2)8-13-6-12(16(18)19)4-5-15(13)21-3/h4-6,11,14H,7-10H2,1-3H3,(H,18,19). The number of nitrogens with zero attached hydrogens (tertiary/aromatic N) is 1. The maximum Gasteiger partial charge on any atom is 0.335 e. The fourth-order valence-corrected chi connectivity index (χ4v) is 2.82. The summed E-state index contributed by atoms with van der Waals surface area (Å²) in [6, 6.07) is 4.93. The lowest BCUT2D eigenvalue weighted by Crippen LogP contribution is -2.47. The van der Waals surface area contributed by atoms with E-state index in [-0.39, 0.29) is 17.8 Å². The van der Waals surface area contributed by atoms with Gasteiger partial charge in [0, 0.05) is 32.3 Å². The first-order valence-corrected chi connectivity index (χ1v) is 7.30. The Hall–Kier alpha value is -1.63. The Morgan fingerprint density at radius 3 is 2.82 bits per heavy atom. The van der Waals surface area contributed by atoms with Gasteiger partial charge >= 0.3 is 5.97 Å². The SMILES string of the molecule is COCC1CN(Cc2cc(C(=O)O)ccc2OC)CC(C)O1. The van der Waals surface area contributed by atoms with Crippen LogP contribution in [0.3, 0.4) is 0 Å². The van der Waals surface area contributed by atoms with E-state index in [2.05, 4.69) is 4.90 Å². The predicted octanol–water partition coefficient (Wildman–Crippen LogP) is 1.63. The fraction of sp³-hybridized carbons (Fsp3) is 0.562. The van der Waals surface area contributed by atoms with Crippen LogP contribution in [0.4, 0.5) is 0 Å². The molecule has 0 bridgehead atoms. The molecule has 1 aromatic rings. The van der Waals surface area contributed by atoms with Crippen LogP contribution in [0, 0.1) is 0 Å². The van der Waals surface area contributed by atoms with Gasteiger partial charge in [0.05, 0.1) is 31.5 Å². The van der Waals surface area contributed by atoms with E-state index in [9.17, 15) is 4.79 Å². The molecular formula is C16H23NO5. The van der Waals surface area contributed by atoms with Gasteiger partial charge in [-0.25, -0.2) is 4.79 Å². The summed E-state index contributed by atoms with van der Waals surface area (Å²) < 4.78 is 16.3. The number of hydrogen-bond acceptors (Lipinski definition) is 5. The first kappa shape index (κ1) is 16.7. The van der Waals surface area contributed by atoms with Gasteiger partial charge in [0.2, 0.25) is 0 Å². The monoisotopic (exact) mass is 309 g/mol. The largest absolute Gasteiger partial charge is 0.496 e. The third-order valence-electron chi connectivity index (χ3n) is 3.68. The van der Waals surface area contributed by atoms with E-state index in [1.807, 2.05) is 6.92 Å². The number of methoxy groups -OCH3 is 2. The van der Waals surface area contributed by atoms with Crippen LogP contribution in [0.25, 0.3) is 0 Å². The van der Waals surface area contributed by atoms with Gasteiger partial charge in [-0.1, -0.05) is 0 Å². The summed E-state index contributed by atoms with van der Waals surface area (Å²) in [5.41, 5.74) is 1.14. The van der Waals surface area contributed by atoms with Crippen molar-refractivity contribution in [2.24, 2.45) is 0 Å². The van der Waals surface area contributed by atoms with Crippen molar-refractivity contribution in [3.8, 4) is 5.75 Å². The van der Waals surface area contributed by atoms with Crippen molar-refractivity contribution >= 4 is 5.97 Å². The Morgan fingerprint density at radius 1 is 1.41 bits per heavy atom. The number of benzene rings is 1. The van der Waals surface area contributed by atoms with Crippen LogP contribution in [0.2, 0.25) is 0 Å². The van der Waals surface area contributed by atoms with Crippen LogP contribution in [0.5, 0.6) is 5.75 Å². The van der Waals surface area contributed by atoms with Crippen molar-refractivity contribution in [3.05, 3.63) is 29.3 Å². The average Bonchev–Trinajstić information content (AvgIpc) is 2.46. The molecule has 2 unspecified atom stereocenters. The lowest BCUT2D eigenvalue weighted by molar-refractivity contribution is -0.103. The second-order valence-corrected chi connectivity index (χ2v) is 5.55. The highest BCUT2D eigenvalue weighted by atomic mass is 16.5. The summed E-state index contributed by atoms with van der Waals surface area (Å²) in [5, 5.41) is 9.14. The minimum Gasteiger partial charge on any atom is -0.496 e. The zero-order chi connectivity index (χ0) is 16.1. The second kappa shape index (κ2) is 7.58. The third kappa shape index (κ3) is 4.19. The minimum absolute atomic E-state index is 0.0300. The first-order valence-electron chi connectivity index (χ1n) is 7.30. The molecule has 1 N–H and O–H groups in total. The molecule has 22 heavy (non-hydrogen) atoms. The zero-order valence-electron chi connectivity index (χ0n) is 13.2. The molecule has 1 aliphatic heterocycles. The van der Waals surface area contributed by atoms with E-state index in [1.165, 1.54) is 0 Å². The molecule has 122 valence electrons. The van der Waals surface area contributed by atoms with Crippen molar-refractivity contribution in [1.29, 1.82) is 0 Å². The number of carbonyl (C=O) groups is 1. The summed E-state index contributed by atoms with van der Waals surface area (Å²) in [6.07, 6.45) is 0.143. The Labute approximate surface area is 130 Å². The Kier molecular flexibility index (Phi) is 5.76. The van der Waals surface area contributed by atoms with E-state index in [0.29, 0.717) is 18.9 Å². The average molecular weight is 309 g/mol. The van der Waals surface area contributed by atoms with Crippen molar-refractivity contribution in [2.45, 2.75) is 25.7 Å². The van der Waals surface area contributed by atoms with E-state index in [4.69, 9.17) is 19.3 Å². The molecule has 0 amide bonds. The van der Waals surface area contributed by atoms with Gasteiger partial charge in [0.1, 0.15) is 5.75 Å². The number of morpholine rings is 1. The van der Waals surface area contributed by atoms with Crippen LogP contribution in [0.15, 0.2) is 18.2 Å². The second-order valence-electron chi connectivity index (χ2n) is 5.55. The number of ether oxygens (including phenoxy) is 3. The molecule has 0 spiro atoms. The Balaban J connectivity index is 2.14. The normalized spacial score (nSPS) is 22.5. The highest BCUT2D eigenvalue weighted by Crippen LogP contribution is 2.23. The van der Waals surface area contributed by atoms with Crippen molar-refractivity contribution < 1.29 is 24.1 Å². The minimum atomic E-state index is -0.934. The molecule has 1 aromatic carbocycles. The molecule has 1 fully saturated rings. The molecule has 1 aliphatic rings. The Bertz CT molecular complexity index is 519. The van der Waals surface area contributed by atoms with E-state index < -0.39 is 5.97 Å². The van der Waals surface area contributed by atoms with Crippen LogP contribution >= 0.6 is 0 Å². The Morgan fingerprint density at radius 2 is 2.18 bits per heavy atom. The number of carboxylic acid groups (broad SMARTS) is 1. The van der Waals surface area contributed by atoms with E-state index in [0.717, 1.165) is 18.7 Å². The molecule has 0 aromatic heterocycles. The van der Waals surface area contributed by atoms with Crippen LogP contribution in [-0.4, -0.2) is 62.1 Å². The summed E-state index contributed by atoms with van der Waals surface area (Å²) >= 11 is 0. The molecule has 6 nitrogen and oxygen atoms in total. The lowest BCUT2D eigenvalue weighted by Gasteiger charge is -2.36. The van der Waals surface area contributed by atoms with Crippen LogP contribution < -0.4 is 4.74 Å². The zero-order valence-corrected chi connectivity index (χ0v) is 13.2. The van der Waals surface area contributed by atoms with Gasteiger partial charge < -0.3 is 19.3 Å². The molecule has 6 heteroatoms. The van der Waals surface area contributed by atoms with Crippen molar-refractivity contribution in [2.75, 3.05) is 33.9 Å². The number of aromatic carboxylic acids is 1. The number of carboxylic acids is 1. The highest BCUT2D eigenvalue weighted by molar-refractivity contribution is 5.88. The van der Waals surface area contributed by atoms with Gasteiger partial charge in [-0.2, -0.15) is 0 Å². The quantitative estimate of drug-likeness (QED) is 0.861. The van der Waals surface area contributed by atoms with Gasteiger partial charge in [-0.05, 0) is 25.1 Å². The fourth-order valence-electron chi connectivity index (χ4n) is 2.82. The molecule has 2 atom stereocenters. The summed E-state index contributed by atoms with van der Waals surface area (Å²) in [4.78, 5) is 13.4. The maximum absolute atomic E-state index is 11.1. The molecule has 0 saturated carbocycles. The lowest BCUT2D eigenvalue weighted by atomic mass is 10.1. The molecule has 0 aliphatic carbocycles. The molecule has 0 radical (unpaired) electrons. The van der Waals surface area contributed by atoms with Gasteiger partial charge in [0.15, 0.2) is 0 Å². The van der Waals surface area contributed by atoms with Gasteiger partial charge in [-0.3, -0.25) is 4.90 Å². The smallest absolute Gasteiger partial charge is 0.335 e. The topological polar surface area (TPSA) is 68.2 Å². The van der Waals surface area contributed by atoms with Crippen molar-refractivity contribution in [1.82, 2.24) is 4.90 Å². The third-order valence-corrected chi connectivity index (χ3v) is 3.68. The maximum atomic E-state index is 11.1.